The summed E-state index contributed by atoms with van der Waals surface area (Å²) in [5.74, 6) is -0.741. The first-order chi connectivity index (χ1) is 11.0. The molecule has 2 heterocycles. The zero-order chi connectivity index (χ0) is 16.6. The van der Waals surface area contributed by atoms with Gasteiger partial charge in [0.05, 0.1) is 6.54 Å². The number of nitro groups is 1. The third-order valence-electron chi connectivity index (χ3n) is 3.44. The summed E-state index contributed by atoms with van der Waals surface area (Å²) in [5.41, 5.74) is 0.674. The lowest BCUT2D eigenvalue weighted by atomic mass is 10.1. The number of halogens is 1. The molecular weight excluding hydrogens is 305 g/mol. The topological polar surface area (TPSA) is 85.6 Å². The van der Waals surface area contributed by atoms with Crippen molar-refractivity contribution in [1.82, 2.24) is 4.98 Å². The Balaban J connectivity index is 2.01. The molecule has 1 atom stereocenters. The van der Waals surface area contributed by atoms with Crippen LogP contribution >= 0.6 is 0 Å². The maximum Gasteiger partial charge on any atom is 0.366 e. The Morgan fingerprint density at radius 1 is 1.30 bits per heavy atom. The normalized spacial score (nSPS) is 16.7. The number of benzene rings is 1. The molecule has 0 radical (unpaired) electrons. The largest absolute Gasteiger partial charge is 0.475 e. The Hall–Kier alpha value is -3.03. The van der Waals surface area contributed by atoms with Gasteiger partial charge >= 0.3 is 5.82 Å². The van der Waals surface area contributed by atoms with Crippen LogP contribution in [0.4, 0.5) is 16.0 Å². The number of hydrogen-bond donors (Lipinski definition) is 0. The summed E-state index contributed by atoms with van der Waals surface area (Å²) in [6.45, 7) is 1.71. The van der Waals surface area contributed by atoms with Crippen LogP contribution in [0.2, 0.25) is 0 Å². The molecule has 1 aliphatic rings. The smallest absolute Gasteiger partial charge is 0.366 e. The van der Waals surface area contributed by atoms with Gasteiger partial charge in [-0.25, -0.2) is 4.39 Å². The quantitative estimate of drug-likeness (QED) is 0.641. The monoisotopic (exact) mass is 317 g/mol. The van der Waals surface area contributed by atoms with Crippen LogP contribution in [0.3, 0.4) is 0 Å². The van der Waals surface area contributed by atoms with E-state index in [-0.39, 0.29) is 29.9 Å². The van der Waals surface area contributed by atoms with Gasteiger partial charge in [0.2, 0.25) is 0 Å². The van der Waals surface area contributed by atoms with Crippen LogP contribution in [-0.4, -0.2) is 21.9 Å². The van der Waals surface area contributed by atoms with E-state index in [9.17, 15) is 19.3 Å². The number of hydrogen-bond acceptors (Lipinski definition) is 5. The number of ether oxygens (including phenoxy) is 1. The van der Waals surface area contributed by atoms with Crippen LogP contribution in [0, 0.1) is 15.9 Å². The molecule has 0 N–H and O–H groups in total. The fourth-order valence-electron chi connectivity index (χ4n) is 2.30. The lowest BCUT2D eigenvalue weighted by Crippen LogP contribution is -2.44. The molecule has 1 aromatic heterocycles. The first-order valence-electron chi connectivity index (χ1n) is 6.83. The van der Waals surface area contributed by atoms with Crippen molar-refractivity contribution in [1.29, 1.82) is 0 Å². The molecule has 118 valence electrons. The van der Waals surface area contributed by atoms with Crippen LogP contribution in [0.15, 0.2) is 36.4 Å². The van der Waals surface area contributed by atoms with Gasteiger partial charge in [-0.05, 0) is 40.6 Å². The Bertz CT molecular complexity index is 779. The summed E-state index contributed by atoms with van der Waals surface area (Å²) in [7, 11) is 0. The minimum absolute atomic E-state index is 0.0895. The van der Waals surface area contributed by atoms with Crippen molar-refractivity contribution in [2.75, 3.05) is 4.90 Å². The molecule has 3 rings (SSSR count). The average Bonchev–Trinajstić information content (AvgIpc) is 2.53. The molecule has 8 heteroatoms. The van der Waals surface area contributed by atoms with E-state index in [1.165, 1.54) is 29.2 Å². The van der Waals surface area contributed by atoms with Gasteiger partial charge in [0, 0.05) is 6.07 Å². The van der Waals surface area contributed by atoms with Gasteiger partial charge < -0.3 is 14.9 Å². The number of anilines is 1. The molecule has 1 amide bonds. The van der Waals surface area contributed by atoms with E-state index in [0.29, 0.717) is 11.3 Å². The van der Waals surface area contributed by atoms with Gasteiger partial charge in [-0.15, -0.1) is 0 Å². The number of pyridine rings is 1. The molecule has 1 unspecified atom stereocenters. The minimum atomic E-state index is -0.730. The lowest BCUT2D eigenvalue weighted by Gasteiger charge is -2.29. The van der Waals surface area contributed by atoms with E-state index in [4.69, 9.17) is 4.74 Å². The van der Waals surface area contributed by atoms with Gasteiger partial charge in [-0.2, -0.15) is 0 Å². The molecular formula is C15H12FN3O4. The standard InChI is InChI=1S/C15H12FN3O4/c1-9-15(20)18(8-10-2-4-11(16)5-3-10)14-12(23-9)6-7-13(17-14)19(21)22/h2-7,9H,8H2,1H3. The van der Waals surface area contributed by atoms with Gasteiger partial charge in [0.1, 0.15) is 5.82 Å². The third-order valence-corrected chi connectivity index (χ3v) is 3.44. The van der Waals surface area contributed by atoms with E-state index in [1.807, 2.05) is 0 Å². The molecule has 0 saturated carbocycles. The van der Waals surface area contributed by atoms with E-state index in [0.717, 1.165) is 0 Å². The SMILES string of the molecule is CC1Oc2ccc([N+](=O)[O-])nc2N(Cc2ccc(F)cc2)C1=O. The number of nitrogens with zero attached hydrogens (tertiary/aromatic N) is 3. The second kappa shape index (κ2) is 5.64. The molecule has 0 fully saturated rings. The second-order valence-electron chi connectivity index (χ2n) is 5.06. The maximum absolute atomic E-state index is 13.0. The third kappa shape index (κ3) is 2.83. The zero-order valence-corrected chi connectivity index (χ0v) is 12.1. The zero-order valence-electron chi connectivity index (χ0n) is 12.1. The minimum Gasteiger partial charge on any atom is -0.475 e. The van der Waals surface area contributed by atoms with Crippen LogP contribution in [0.5, 0.6) is 5.75 Å². The molecule has 0 aliphatic carbocycles. The van der Waals surface area contributed by atoms with E-state index >= 15 is 0 Å². The number of aromatic nitrogens is 1. The summed E-state index contributed by atoms with van der Waals surface area (Å²) in [4.78, 5) is 27.8. The van der Waals surface area contributed by atoms with Crippen LogP contribution in [0.25, 0.3) is 0 Å². The van der Waals surface area contributed by atoms with Crippen LogP contribution in [0.1, 0.15) is 12.5 Å². The predicted molar refractivity (Wildman–Crippen MR) is 78.6 cm³/mol. The van der Waals surface area contributed by atoms with Crippen LogP contribution in [-0.2, 0) is 11.3 Å². The Morgan fingerprint density at radius 3 is 2.65 bits per heavy atom. The first-order valence-corrected chi connectivity index (χ1v) is 6.83. The van der Waals surface area contributed by atoms with E-state index in [2.05, 4.69) is 4.98 Å². The van der Waals surface area contributed by atoms with Crippen LogP contribution < -0.4 is 9.64 Å². The number of amides is 1. The van der Waals surface area contributed by atoms with Crippen molar-refractivity contribution in [3.63, 3.8) is 0 Å². The van der Waals surface area contributed by atoms with Crippen molar-refractivity contribution in [3.8, 4) is 5.75 Å². The summed E-state index contributed by atoms with van der Waals surface area (Å²) >= 11 is 0. The number of carbonyl (C=O) groups is 1. The van der Waals surface area contributed by atoms with Crippen molar-refractivity contribution < 1.29 is 18.8 Å². The summed E-state index contributed by atoms with van der Waals surface area (Å²) in [6.07, 6.45) is -0.730. The van der Waals surface area contributed by atoms with Crippen molar-refractivity contribution in [2.45, 2.75) is 19.6 Å². The highest BCUT2D eigenvalue weighted by Crippen LogP contribution is 2.34. The van der Waals surface area contributed by atoms with Gasteiger partial charge in [-0.3, -0.25) is 9.69 Å². The fraction of sp³-hybridized carbons (Fsp3) is 0.200. The first kappa shape index (κ1) is 14.9. The number of rotatable bonds is 3. The maximum atomic E-state index is 13.0. The predicted octanol–water partition coefficient (Wildman–Crippen LogP) is 2.44. The molecule has 1 aliphatic heterocycles. The molecule has 2 aromatic rings. The van der Waals surface area contributed by atoms with Gasteiger partial charge in [0.25, 0.3) is 11.7 Å². The second-order valence-corrected chi connectivity index (χ2v) is 5.06. The molecule has 23 heavy (non-hydrogen) atoms. The Labute approximate surface area is 130 Å². The highest BCUT2D eigenvalue weighted by Gasteiger charge is 2.36. The average molecular weight is 317 g/mol. The molecule has 0 bridgehead atoms. The Kier molecular flexibility index (Phi) is 3.65. The lowest BCUT2D eigenvalue weighted by molar-refractivity contribution is -0.389. The summed E-state index contributed by atoms with van der Waals surface area (Å²) in [5, 5.41) is 10.9. The molecule has 7 nitrogen and oxygen atoms in total. The highest BCUT2D eigenvalue weighted by atomic mass is 19.1. The summed E-state index contributed by atoms with van der Waals surface area (Å²) < 4.78 is 18.4. The van der Waals surface area contributed by atoms with Crippen molar-refractivity contribution in [2.24, 2.45) is 0 Å². The Morgan fingerprint density at radius 2 is 2.00 bits per heavy atom. The molecule has 0 spiro atoms. The molecule has 0 saturated heterocycles. The number of carbonyl (C=O) groups excluding carboxylic acids is 1. The molecule has 1 aromatic carbocycles. The number of fused-ring (bicyclic) bond motifs is 1. The fourth-order valence-corrected chi connectivity index (χ4v) is 2.30. The van der Waals surface area contributed by atoms with E-state index in [1.54, 1.807) is 19.1 Å². The highest BCUT2D eigenvalue weighted by molar-refractivity contribution is 5.98. The van der Waals surface area contributed by atoms with Gasteiger partial charge in [-0.1, -0.05) is 12.1 Å². The van der Waals surface area contributed by atoms with Crippen molar-refractivity contribution in [3.05, 3.63) is 57.9 Å². The summed E-state index contributed by atoms with van der Waals surface area (Å²) in [6, 6.07) is 8.29. The van der Waals surface area contributed by atoms with Gasteiger partial charge in [0.15, 0.2) is 11.9 Å². The van der Waals surface area contributed by atoms with E-state index < -0.39 is 11.0 Å². The van der Waals surface area contributed by atoms with Crippen molar-refractivity contribution >= 4 is 17.5 Å².